The van der Waals surface area contributed by atoms with Crippen molar-refractivity contribution in [3.8, 4) is 28.5 Å². The van der Waals surface area contributed by atoms with Crippen LogP contribution in [0.25, 0.3) is 11.3 Å². The fourth-order valence-electron chi connectivity index (χ4n) is 3.43. The minimum absolute atomic E-state index is 0.588. The van der Waals surface area contributed by atoms with Crippen LogP contribution in [0.2, 0.25) is 0 Å². The Kier molecular flexibility index (Phi) is 5.96. The van der Waals surface area contributed by atoms with Gasteiger partial charge in [-0.1, -0.05) is 0 Å². The van der Waals surface area contributed by atoms with E-state index < -0.39 is 0 Å². The molecule has 2 aromatic rings. The maximum atomic E-state index is 5.45. The summed E-state index contributed by atoms with van der Waals surface area (Å²) >= 11 is 0. The Morgan fingerprint density at radius 2 is 1.85 bits per heavy atom. The summed E-state index contributed by atoms with van der Waals surface area (Å²) in [6.45, 7) is 3.13. The highest BCUT2D eigenvalue weighted by Crippen LogP contribution is 2.40. The average Bonchev–Trinajstić information content (AvgIpc) is 3.14. The van der Waals surface area contributed by atoms with Crippen molar-refractivity contribution in [2.24, 2.45) is 0 Å². The molecule has 1 atom stereocenters. The second kappa shape index (κ2) is 8.38. The summed E-state index contributed by atoms with van der Waals surface area (Å²) in [6.07, 6.45) is 3.06. The van der Waals surface area contributed by atoms with Gasteiger partial charge in [-0.15, -0.1) is 0 Å². The highest BCUT2D eigenvalue weighted by Gasteiger charge is 2.21. The number of hydrogen-bond donors (Lipinski definition) is 1. The zero-order valence-corrected chi connectivity index (χ0v) is 15.9. The molecule has 1 fully saturated rings. The molecule has 6 heteroatoms. The minimum atomic E-state index is 0.588. The third-order valence-corrected chi connectivity index (χ3v) is 4.87. The number of likely N-dealkylation sites (tertiary alicyclic amines) is 1. The SMILES string of the molecule is CN[C@H]1CCN(Cc2ccnc(-c3cc(OC)c(OC)c(OC)c3)c2)C1. The number of hydrogen-bond acceptors (Lipinski definition) is 6. The van der Waals surface area contributed by atoms with E-state index in [0.717, 1.165) is 30.9 Å². The Balaban J connectivity index is 1.86. The molecular formula is C20H27N3O3. The molecule has 1 aliphatic heterocycles. The number of aromatic nitrogens is 1. The topological polar surface area (TPSA) is 55.9 Å². The normalized spacial score (nSPS) is 17.3. The Hall–Kier alpha value is -2.31. The first-order valence-electron chi connectivity index (χ1n) is 8.83. The lowest BCUT2D eigenvalue weighted by Crippen LogP contribution is -2.29. The lowest BCUT2D eigenvalue weighted by atomic mass is 10.1. The summed E-state index contributed by atoms with van der Waals surface area (Å²) in [4.78, 5) is 7.01. The lowest BCUT2D eigenvalue weighted by molar-refractivity contribution is 0.322. The van der Waals surface area contributed by atoms with E-state index in [1.807, 2.05) is 25.4 Å². The van der Waals surface area contributed by atoms with Crippen LogP contribution in [-0.4, -0.2) is 57.4 Å². The van der Waals surface area contributed by atoms with Crippen molar-refractivity contribution in [2.45, 2.75) is 19.0 Å². The molecular weight excluding hydrogens is 330 g/mol. The predicted molar refractivity (Wildman–Crippen MR) is 102 cm³/mol. The number of pyridine rings is 1. The van der Waals surface area contributed by atoms with Gasteiger partial charge in [-0.3, -0.25) is 9.88 Å². The van der Waals surface area contributed by atoms with Gasteiger partial charge >= 0.3 is 0 Å². The molecule has 1 saturated heterocycles. The number of likely N-dealkylation sites (N-methyl/N-ethyl adjacent to an activating group) is 1. The summed E-state index contributed by atoms with van der Waals surface area (Å²) in [5.41, 5.74) is 3.09. The van der Waals surface area contributed by atoms with Gasteiger partial charge in [0.15, 0.2) is 11.5 Å². The van der Waals surface area contributed by atoms with Gasteiger partial charge in [0.05, 0.1) is 27.0 Å². The molecule has 1 aromatic heterocycles. The first kappa shape index (κ1) is 18.5. The van der Waals surface area contributed by atoms with E-state index in [0.29, 0.717) is 23.3 Å². The van der Waals surface area contributed by atoms with E-state index in [1.165, 1.54) is 12.0 Å². The van der Waals surface area contributed by atoms with Crippen LogP contribution in [0.1, 0.15) is 12.0 Å². The van der Waals surface area contributed by atoms with Crippen LogP contribution >= 0.6 is 0 Å². The van der Waals surface area contributed by atoms with E-state index in [2.05, 4.69) is 27.3 Å². The number of benzene rings is 1. The van der Waals surface area contributed by atoms with Crippen LogP contribution in [0.4, 0.5) is 0 Å². The Labute approximate surface area is 155 Å². The standard InChI is InChI=1S/C20H27N3O3/c1-21-16-6-8-23(13-16)12-14-5-7-22-17(9-14)15-10-18(24-2)20(26-4)19(11-15)25-3/h5,7,9-11,16,21H,6,8,12-13H2,1-4H3/t16-/m0/s1. The fourth-order valence-corrected chi connectivity index (χ4v) is 3.43. The summed E-state index contributed by atoms with van der Waals surface area (Å²) in [6, 6.07) is 8.66. The number of nitrogens with one attached hydrogen (secondary N) is 1. The highest BCUT2D eigenvalue weighted by molar-refractivity contribution is 5.69. The van der Waals surface area contributed by atoms with E-state index >= 15 is 0 Å². The Morgan fingerprint density at radius 1 is 1.12 bits per heavy atom. The van der Waals surface area contributed by atoms with Crippen LogP contribution in [0.3, 0.4) is 0 Å². The third-order valence-electron chi connectivity index (χ3n) is 4.87. The van der Waals surface area contributed by atoms with E-state index in [1.54, 1.807) is 21.3 Å². The molecule has 6 nitrogen and oxygen atoms in total. The summed E-state index contributed by atoms with van der Waals surface area (Å²) in [5, 5.41) is 3.36. The maximum absolute atomic E-state index is 5.45. The Bertz CT molecular complexity index is 726. The minimum Gasteiger partial charge on any atom is -0.493 e. The molecule has 0 radical (unpaired) electrons. The number of methoxy groups -OCH3 is 3. The van der Waals surface area contributed by atoms with Crippen LogP contribution in [0.15, 0.2) is 30.5 Å². The number of ether oxygens (including phenoxy) is 3. The molecule has 1 aliphatic rings. The molecule has 0 aliphatic carbocycles. The van der Waals surface area contributed by atoms with Crippen molar-refractivity contribution in [3.63, 3.8) is 0 Å². The van der Waals surface area contributed by atoms with Crippen molar-refractivity contribution in [1.29, 1.82) is 0 Å². The largest absolute Gasteiger partial charge is 0.493 e. The van der Waals surface area contributed by atoms with Gasteiger partial charge in [-0.25, -0.2) is 0 Å². The summed E-state index contributed by atoms with van der Waals surface area (Å²) in [5.74, 6) is 1.85. The predicted octanol–water partition coefficient (Wildman–Crippen LogP) is 2.57. The molecule has 0 spiro atoms. The van der Waals surface area contributed by atoms with Gasteiger partial charge in [-0.05, 0) is 43.3 Å². The molecule has 1 aromatic carbocycles. The summed E-state index contributed by atoms with van der Waals surface area (Å²) in [7, 11) is 6.88. The zero-order chi connectivity index (χ0) is 18.5. The summed E-state index contributed by atoms with van der Waals surface area (Å²) < 4.78 is 16.3. The molecule has 0 amide bonds. The first-order chi connectivity index (χ1) is 12.7. The molecule has 3 rings (SSSR count). The van der Waals surface area contributed by atoms with Crippen molar-refractivity contribution >= 4 is 0 Å². The molecule has 26 heavy (non-hydrogen) atoms. The fraction of sp³-hybridized carbons (Fsp3) is 0.450. The van der Waals surface area contributed by atoms with E-state index in [4.69, 9.17) is 14.2 Å². The van der Waals surface area contributed by atoms with E-state index in [-0.39, 0.29) is 0 Å². The van der Waals surface area contributed by atoms with Gasteiger partial charge in [0.25, 0.3) is 0 Å². The van der Waals surface area contributed by atoms with Gasteiger partial charge in [0, 0.05) is 37.4 Å². The van der Waals surface area contributed by atoms with E-state index in [9.17, 15) is 0 Å². The molecule has 0 saturated carbocycles. The highest BCUT2D eigenvalue weighted by atomic mass is 16.5. The average molecular weight is 357 g/mol. The molecule has 0 bridgehead atoms. The molecule has 140 valence electrons. The zero-order valence-electron chi connectivity index (χ0n) is 15.9. The van der Waals surface area contributed by atoms with Crippen molar-refractivity contribution in [3.05, 3.63) is 36.0 Å². The Morgan fingerprint density at radius 3 is 2.42 bits per heavy atom. The monoisotopic (exact) mass is 357 g/mol. The molecule has 0 unspecified atom stereocenters. The smallest absolute Gasteiger partial charge is 0.203 e. The van der Waals surface area contributed by atoms with Gasteiger partial charge in [0.2, 0.25) is 5.75 Å². The van der Waals surface area contributed by atoms with Crippen molar-refractivity contribution in [1.82, 2.24) is 15.2 Å². The van der Waals surface area contributed by atoms with Crippen LogP contribution < -0.4 is 19.5 Å². The lowest BCUT2D eigenvalue weighted by Gasteiger charge is -2.17. The van der Waals surface area contributed by atoms with Crippen LogP contribution in [-0.2, 0) is 6.54 Å². The third kappa shape index (κ3) is 3.92. The second-order valence-electron chi connectivity index (χ2n) is 6.47. The molecule has 1 N–H and O–H groups in total. The number of nitrogens with zero attached hydrogens (tertiary/aromatic N) is 2. The van der Waals surface area contributed by atoms with Crippen molar-refractivity contribution in [2.75, 3.05) is 41.5 Å². The van der Waals surface area contributed by atoms with Gasteiger partial charge in [0.1, 0.15) is 0 Å². The van der Waals surface area contributed by atoms with Gasteiger partial charge < -0.3 is 19.5 Å². The van der Waals surface area contributed by atoms with Gasteiger partial charge in [-0.2, -0.15) is 0 Å². The second-order valence-corrected chi connectivity index (χ2v) is 6.47. The van der Waals surface area contributed by atoms with Crippen LogP contribution in [0, 0.1) is 0 Å². The van der Waals surface area contributed by atoms with Crippen molar-refractivity contribution < 1.29 is 14.2 Å². The maximum Gasteiger partial charge on any atom is 0.203 e. The number of rotatable bonds is 7. The molecule has 2 heterocycles. The van der Waals surface area contributed by atoms with Crippen LogP contribution in [0.5, 0.6) is 17.2 Å². The quantitative estimate of drug-likeness (QED) is 0.822. The first-order valence-corrected chi connectivity index (χ1v) is 8.83.